The van der Waals surface area contributed by atoms with Gasteiger partial charge < -0.3 is 14.8 Å². The Balaban J connectivity index is 2.71. The van der Waals surface area contributed by atoms with E-state index in [0.717, 1.165) is 32.1 Å². The molecule has 0 aromatic carbocycles. The molecule has 1 fully saturated rings. The predicted octanol–water partition coefficient (Wildman–Crippen LogP) is 2.75. The lowest BCUT2D eigenvalue weighted by Crippen LogP contribution is -2.54. The summed E-state index contributed by atoms with van der Waals surface area (Å²) in [6.45, 7) is 7.49. The van der Waals surface area contributed by atoms with Crippen molar-refractivity contribution in [3.05, 3.63) is 0 Å². The number of nitrogens with one attached hydrogen (secondary N) is 2. The van der Waals surface area contributed by atoms with Crippen LogP contribution in [0.1, 0.15) is 66.2 Å². The van der Waals surface area contributed by atoms with Crippen LogP contribution in [0.4, 0.5) is 4.79 Å². The van der Waals surface area contributed by atoms with Crippen molar-refractivity contribution in [3.8, 4) is 0 Å². The highest BCUT2D eigenvalue weighted by Gasteiger charge is 2.30. The Hall–Kier alpha value is -1.30. The molecule has 1 aliphatic carbocycles. The number of amides is 1. The summed E-state index contributed by atoms with van der Waals surface area (Å²) in [6.07, 6.45) is 5.35. The van der Waals surface area contributed by atoms with Gasteiger partial charge in [-0.1, -0.05) is 26.2 Å². The average Bonchev–Trinajstić information content (AvgIpc) is 2.67. The van der Waals surface area contributed by atoms with Gasteiger partial charge in [0, 0.05) is 12.1 Å². The van der Waals surface area contributed by atoms with E-state index in [2.05, 4.69) is 10.6 Å². The summed E-state index contributed by atoms with van der Waals surface area (Å²) in [4.78, 5) is 23.9. The zero-order valence-electron chi connectivity index (χ0n) is 15.1. The highest BCUT2D eigenvalue weighted by atomic mass is 16.6. The largest absolute Gasteiger partial charge is 0.468 e. The third-order valence-electron chi connectivity index (χ3n) is 4.03. The summed E-state index contributed by atoms with van der Waals surface area (Å²) in [7, 11) is 1.40. The van der Waals surface area contributed by atoms with Crippen molar-refractivity contribution in [1.29, 1.82) is 0 Å². The smallest absolute Gasteiger partial charge is 0.407 e. The molecule has 0 saturated heterocycles. The number of hydrogen-bond donors (Lipinski definition) is 2. The van der Waals surface area contributed by atoms with Gasteiger partial charge in [0.1, 0.15) is 11.6 Å². The summed E-state index contributed by atoms with van der Waals surface area (Å²) in [6, 6.07) is -0.328. The van der Waals surface area contributed by atoms with Crippen LogP contribution in [0.3, 0.4) is 0 Å². The first-order valence-corrected chi connectivity index (χ1v) is 8.60. The standard InChI is InChI=1S/C17H32N2O4/c1-6-12(15(20)22-5)18-13-10-8-7-9-11-14(13)19-16(21)23-17(2,3)4/h12-14,18H,6-11H2,1-5H3,(H,19,21). The monoisotopic (exact) mass is 328 g/mol. The number of ether oxygens (including phenoxy) is 2. The summed E-state index contributed by atoms with van der Waals surface area (Å²) in [5, 5.41) is 6.35. The maximum atomic E-state index is 12.1. The fraction of sp³-hybridized carbons (Fsp3) is 0.882. The number of esters is 1. The third kappa shape index (κ3) is 7.20. The minimum atomic E-state index is -0.518. The van der Waals surface area contributed by atoms with Crippen LogP contribution in [0, 0.1) is 0 Å². The van der Waals surface area contributed by atoms with Crippen LogP contribution in [-0.4, -0.2) is 42.9 Å². The van der Waals surface area contributed by atoms with Gasteiger partial charge in [-0.2, -0.15) is 0 Å². The first-order chi connectivity index (χ1) is 10.8. The Morgan fingerprint density at radius 2 is 1.74 bits per heavy atom. The van der Waals surface area contributed by atoms with Crippen LogP contribution < -0.4 is 10.6 Å². The van der Waals surface area contributed by atoms with Crippen LogP contribution in [0.5, 0.6) is 0 Å². The van der Waals surface area contributed by atoms with Gasteiger partial charge in [0.2, 0.25) is 0 Å². The van der Waals surface area contributed by atoms with Gasteiger partial charge in [-0.25, -0.2) is 4.79 Å². The maximum absolute atomic E-state index is 12.1. The minimum absolute atomic E-state index is 0.0361. The van der Waals surface area contributed by atoms with Crippen LogP contribution >= 0.6 is 0 Å². The molecule has 23 heavy (non-hydrogen) atoms. The van der Waals surface area contributed by atoms with Crippen molar-refractivity contribution in [3.63, 3.8) is 0 Å². The number of alkyl carbamates (subject to hydrolysis) is 1. The molecule has 6 heteroatoms. The van der Waals surface area contributed by atoms with E-state index in [4.69, 9.17) is 9.47 Å². The van der Waals surface area contributed by atoms with E-state index in [-0.39, 0.29) is 24.1 Å². The molecule has 0 bridgehead atoms. The van der Waals surface area contributed by atoms with E-state index >= 15 is 0 Å². The van der Waals surface area contributed by atoms with Crippen molar-refractivity contribution in [2.75, 3.05) is 7.11 Å². The lowest BCUT2D eigenvalue weighted by Gasteiger charge is -2.31. The summed E-state index contributed by atoms with van der Waals surface area (Å²) < 4.78 is 10.2. The fourth-order valence-electron chi connectivity index (χ4n) is 2.89. The van der Waals surface area contributed by atoms with E-state index in [1.807, 2.05) is 27.7 Å². The molecule has 2 N–H and O–H groups in total. The second kappa shape index (κ2) is 9.11. The highest BCUT2D eigenvalue weighted by molar-refractivity contribution is 5.75. The minimum Gasteiger partial charge on any atom is -0.468 e. The molecule has 1 saturated carbocycles. The summed E-state index contributed by atoms with van der Waals surface area (Å²) in [5.41, 5.74) is -0.518. The molecule has 3 unspecified atom stereocenters. The van der Waals surface area contributed by atoms with E-state index in [0.29, 0.717) is 6.42 Å². The molecule has 1 rings (SSSR count). The SMILES string of the molecule is CCC(NC1CCCCCC1NC(=O)OC(C)(C)C)C(=O)OC. The Labute approximate surface area is 139 Å². The van der Waals surface area contributed by atoms with Crippen molar-refractivity contribution in [1.82, 2.24) is 10.6 Å². The van der Waals surface area contributed by atoms with Gasteiger partial charge in [-0.05, 0) is 40.0 Å². The summed E-state index contributed by atoms with van der Waals surface area (Å²) >= 11 is 0. The first-order valence-electron chi connectivity index (χ1n) is 8.60. The second-order valence-corrected chi connectivity index (χ2v) is 7.15. The predicted molar refractivity (Wildman–Crippen MR) is 89.3 cm³/mol. The van der Waals surface area contributed by atoms with Gasteiger partial charge in [0.15, 0.2) is 0 Å². The molecule has 0 aromatic rings. The van der Waals surface area contributed by atoms with E-state index in [1.165, 1.54) is 7.11 Å². The fourth-order valence-corrected chi connectivity index (χ4v) is 2.89. The molecule has 0 radical (unpaired) electrons. The number of carbonyl (C=O) groups excluding carboxylic acids is 2. The lowest BCUT2D eigenvalue weighted by molar-refractivity contribution is -0.143. The van der Waals surface area contributed by atoms with Crippen LogP contribution in [-0.2, 0) is 14.3 Å². The molecule has 1 aliphatic rings. The molecule has 6 nitrogen and oxygen atoms in total. The van der Waals surface area contributed by atoms with Crippen LogP contribution in [0.15, 0.2) is 0 Å². The molecule has 0 aromatic heterocycles. The topological polar surface area (TPSA) is 76.7 Å². The van der Waals surface area contributed by atoms with Gasteiger partial charge in [0.05, 0.1) is 7.11 Å². The number of rotatable bonds is 5. The van der Waals surface area contributed by atoms with E-state index in [9.17, 15) is 9.59 Å². The zero-order valence-corrected chi connectivity index (χ0v) is 15.1. The van der Waals surface area contributed by atoms with Crippen molar-refractivity contribution in [2.45, 2.75) is 89.9 Å². The zero-order chi connectivity index (χ0) is 17.5. The second-order valence-electron chi connectivity index (χ2n) is 7.15. The molecule has 1 amide bonds. The molecule has 134 valence electrons. The molecular weight excluding hydrogens is 296 g/mol. The third-order valence-corrected chi connectivity index (χ3v) is 4.03. The molecular formula is C17H32N2O4. The number of hydrogen-bond acceptors (Lipinski definition) is 5. The summed E-state index contributed by atoms with van der Waals surface area (Å²) in [5.74, 6) is -0.257. The van der Waals surface area contributed by atoms with Gasteiger partial charge in [0.25, 0.3) is 0 Å². The first kappa shape index (κ1) is 19.7. The van der Waals surface area contributed by atoms with Crippen molar-refractivity contribution >= 4 is 12.1 Å². The highest BCUT2D eigenvalue weighted by Crippen LogP contribution is 2.20. The van der Waals surface area contributed by atoms with Crippen molar-refractivity contribution in [2.24, 2.45) is 0 Å². The van der Waals surface area contributed by atoms with E-state index < -0.39 is 11.7 Å². The van der Waals surface area contributed by atoms with Gasteiger partial charge in [-0.15, -0.1) is 0 Å². The van der Waals surface area contributed by atoms with Crippen LogP contribution in [0.2, 0.25) is 0 Å². The normalized spacial score (nSPS) is 23.5. The van der Waals surface area contributed by atoms with E-state index in [1.54, 1.807) is 0 Å². The Morgan fingerprint density at radius 3 is 2.26 bits per heavy atom. The molecule has 3 atom stereocenters. The molecule has 0 aliphatic heterocycles. The lowest BCUT2D eigenvalue weighted by atomic mass is 10.0. The van der Waals surface area contributed by atoms with Crippen LogP contribution in [0.25, 0.3) is 0 Å². The average molecular weight is 328 g/mol. The Bertz CT molecular complexity index is 393. The molecule has 0 spiro atoms. The Kier molecular flexibility index (Phi) is 7.82. The number of carbonyl (C=O) groups is 2. The van der Waals surface area contributed by atoms with Gasteiger partial charge in [-0.3, -0.25) is 10.1 Å². The molecule has 0 heterocycles. The number of methoxy groups -OCH3 is 1. The quantitative estimate of drug-likeness (QED) is 0.599. The Morgan fingerprint density at radius 1 is 1.13 bits per heavy atom. The van der Waals surface area contributed by atoms with Gasteiger partial charge >= 0.3 is 12.1 Å². The van der Waals surface area contributed by atoms with Crippen molar-refractivity contribution < 1.29 is 19.1 Å². The maximum Gasteiger partial charge on any atom is 0.407 e.